The van der Waals surface area contributed by atoms with Crippen LogP contribution in [0.15, 0.2) is 36.6 Å². The first-order valence-electron chi connectivity index (χ1n) is 39.3. The third kappa shape index (κ3) is 112. The molecule has 13 nitrogen and oxygen atoms in total. The highest BCUT2D eigenvalue weighted by molar-refractivity contribution is 5.78. The molecule has 0 saturated carbocycles. The highest BCUT2D eigenvalue weighted by Crippen LogP contribution is 2.21. The summed E-state index contributed by atoms with van der Waals surface area (Å²) in [5.41, 5.74) is 0. The molecule has 0 aromatic heterocycles. The number of rotatable bonds is 52. The first-order chi connectivity index (χ1) is 45.9. The molecule has 0 saturated heterocycles. The lowest BCUT2D eigenvalue weighted by atomic mass is 9.89. The van der Waals surface area contributed by atoms with Crippen molar-refractivity contribution in [3.63, 3.8) is 0 Å². The Balaban J connectivity index is -0.000000139. The van der Waals surface area contributed by atoms with Gasteiger partial charge < -0.3 is 33.2 Å². The predicted octanol–water partition coefficient (Wildman–Crippen LogP) is 24.4. The number of unbranched alkanes of at least 4 members (excludes halogenated alkanes) is 20. The van der Waals surface area contributed by atoms with Gasteiger partial charge in [0.15, 0.2) is 0 Å². The molecule has 0 heterocycles. The zero-order valence-corrected chi connectivity index (χ0v) is 67.7. The van der Waals surface area contributed by atoms with Crippen LogP contribution in [0.2, 0.25) is 0 Å². The van der Waals surface area contributed by atoms with Crippen LogP contribution in [-0.4, -0.2) is 108 Å². The second-order valence-corrected chi connectivity index (χ2v) is 24.2. The summed E-state index contributed by atoms with van der Waals surface area (Å²) >= 11 is 0. The number of methoxy groups -OCH3 is 2. The van der Waals surface area contributed by atoms with Crippen molar-refractivity contribution < 1.29 is 57.1 Å². The van der Waals surface area contributed by atoms with Gasteiger partial charge in [0, 0.05) is 27.1 Å². The molecule has 0 rings (SSSR count). The predicted molar refractivity (Wildman–Crippen MR) is 412 cm³/mol. The molecule has 572 valence electrons. The van der Waals surface area contributed by atoms with Crippen LogP contribution in [0.25, 0.3) is 0 Å². The lowest BCUT2D eigenvalue weighted by molar-refractivity contribution is -0.151. The molecule has 3 atom stereocenters. The zero-order valence-electron chi connectivity index (χ0n) is 67.7. The molecule has 0 amide bonds. The molecule has 13 heteroatoms. The number of allylic oxidation sites excluding steroid dienone is 5. The number of esters is 5. The van der Waals surface area contributed by atoms with E-state index < -0.39 is 17.9 Å². The summed E-state index contributed by atoms with van der Waals surface area (Å²) in [7, 11) is 3.04. The Morgan fingerprint density at radius 3 is 1.16 bits per heavy atom. The Labute approximate surface area is 593 Å². The van der Waals surface area contributed by atoms with Crippen LogP contribution in [0, 0.1) is 23.7 Å². The highest BCUT2D eigenvalue weighted by Gasteiger charge is 2.20. The minimum Gasteiger partial charge on any atom is -0.501 e. The minimum absolute atomic E-state index is 0.0251. The van der Waals surface area contributed by atoms with Crippen molar-refractivity contribution in [2.75, 3.05) is 73.5 Å². The van der Waals surface area contributed by atoms with Crippen molar-refractivity contribution in [2.45, 2.75) is 370 Å². The van der Waals surface area contributed by atoms with Crippen molar-refractivity contribution in [3.8, 4) is 0 Å². The van der Waals surface area contributed by atoms with Gasteiger partial charge in [-0.25, -0.2) is 0 Å². The minimum atomic E-state index is -0.513. The summed E-state index contributed by atoms with van der Waals surface area (Å²) in [6, 6.07) is 0. The van der Waals surface area contributed by atoms with Gasteiger partial charge in [-0.2, -0.15) is 0 Å². The van der Waals surface area contributed by atoms with Gasteiger partial charge >= 0.3 is 29.8 Å². The average Bonchev–Trinajstić information content (AvgIpc) is 1.88. The number of nitrogens with zero attached hydrogens (tertiary/aromatic N) is 1. The van der Waals surface area contributed by atoms with Crippen molar-refractivity contribution in [3.05, 3.63) is 36.6 Å². The van der Waals surface area contributed by atoms with Crippen LogP contribution in [0.4, 0.5) is 0 Å². The van der Waals surface area contributed by atoms with Crippen LogP contribution in [0.3, 0.4) is 0 Å². The SMILES string of the molecule is C/C=C/CC.C/C=C/OCC(C/C=C\CCC)C(C)CC.CC.CC.CCC.CCCC(CCC)COC(C)=O.CCCCCCCCOC.CCCCCCCCOC(=O)CC(C)CC.CCCCCCCCOC(=O)CN(CC(=O)OC)CC(=O)OCCCCCCC. The Morgan fingerprint density at radius 2 is 0.832 bits per heavy atom. The Hall–Kier alpha value is -3.71. The van der Waals surface area contributed by atoms with Crippen LogP contribution in [-0.2, 0) is 57.1 Å². The molecular weight excluding hydrogens is 1190 g/mol. The fourth-order valence-electron chi connectivity index (χ4n) is 8.64. The molecule has 0 aliphatic rings. The second-order valence-electron chi connectivity index (χ2n) is 24.2. The molecule has 0 aromatic rings. The smallest absolute Gasteiger partial charge is 0.320 e. The summed E-state index contributed by atoms with van der Waals surface area (Å²) < 4.78 is 35.7. The fourth-order valence-corrected chi connectivity index (χ4v) is 8.64. The molecule has 0 bridgehead atoms. The van der Waals surface area contributed by atoms with Gasteiger partial charge in [-0.3, -0.25) is 28.9 Å². The molecule has 3 unspecified atom stereocenters. The summed E-state index contributed by atoms with van der Waals surface area (Å²) in [6.07, 6.45) is 53.5. The molecule has 95 heavy (non-hydrogen) atoms. The van der Waals surface area contributed by atoms with Crippen molar-refractivity contribution >= 4 is 29.8 Å². The molecule has 0 aromatic carbocycles. The first-order valence-corrected chi connectivity index (χ1v) is 39.3. The monoisotopic (exact) mass is 1360 g/mol. The standard InChI is InChI=1S/C22H41NO6.C15H28O.C14H28O2.C10H20O2.C9H20O.C5H10.C3H8.2C2H6/c1-4-6-8-10-12-14-16-29-22(26)19-23(17-20(24)27-3)18-21(25)28-15-13-11-9-7-5-2;1-5-8-9-10-11-15(14(4)7-3)13-16-12-6-2;1-4-6-7-8-9-10-11-16-14(15)12-13(3)5-2;1-4-6-10(7-5-2)8-12-9(3)11;1-3-4-5-6-7-8-9-10-2;1-3-5-4-2;1-3-2;2*1-2/h4-19H2,1-3H3;6,9-10,12,14-15H,5,7-8,11,13H2,1-4H3;13H,4-12H2,1-3H3;10H,4-8H2,1-3H3;3-9H2,1-2H3;3,5H,4H2,1-2H3;3H2,1-2H3;2*1-2H3/b;10-9-,12-6+;;;;5-3+;;;. The normalized spacial score (nSPS) is 11.3. The van der Waals surface area contributed by atoms with Crippen molar-refractivity contribution in [1.82, 2.24) is 4.90 Å². The van der Waals surface area contributed by atoms with Crippen LogP contribution in [0.5, 0.6) is 0 Å². The van der Waals surface area contributed by atoms with E-state index in [1.54, 1.807) is 13.4 Å². The van der Waals surface area contributed by atoms with E-state index in [1.165, 1.54) is 167 Å². The van der Waals surface area contributed by atoms with Gasteiger partial charge in [-0.15, -0.1) is 0 Å². The lowest BCUT2D eigenvalue weighted by Crippen LogP contribution is -2.40. The van der Waals surface area contributed by atoms with Gasteiger partial charge in [0.2, 0.25) is 0 Å². The van der Waals surface area contributed by atoms with Gasteiger partial charge in [-0.1, -0.05) is 316 Å². The lowest BCUT2D eigenvalue weighted by Gasteiger charge is -2.20. The quantitative estimate of drug-likeness (QED) is 0.0187. The summed E-state index contributed by atoms with van der Waals surface area (Å²) in [5.74, 6) is 0.811. The second kappa shape index (κ2) is 104. The van der Waals surface area contributed by atoms with E-state index in [9.17, 15) is 24.0 Å². The Kier molecular flexibility index (Phi) is 120. The molecule has 0 fully saturated rings. The zero-order chi connectivity index (χ0) is 74.1. The van der Waals surface area contributed by atoms with Crippen LogP contribution < -0.4 is 0 Å². The van der Waals surface area contributed by atoms with Gasteiger partial charge in [-0.05, 0) is 95.3 Å². The van der Waals surface area contributed by atoms with Crippen molar-refractivity contribution in [2.24, 2.45) is 23.7 Å². The topological polar surface area (TPSA) is 153 Å². The maximum absolute atomic E-state index is 12.0. The molecule has 0 N–H and O–H groups in total. The third-order valence-corrected chi connectivity index (χ3v) is 14.7. The molecule has 0 aliphatic carbocycles. The third-order valence-electron chi connectivity index (χ3n) is 14.7. The Morgan fingerprint density at radius 1 is 0.432 bits per heavy atom. The molecule has 0 spiro atoms. The number of hydrogen-bond acceptors (Lipinski definition) is 13. The van der Waals surface area contributed by atoms with E-state index in [1.807, 2.05) is 47.6 Å². The molecular formula is C82H167NO12. The van der Waals surface area contributed by atoms with E-state index in [0.29, 0.717) is 50.6 Å². The maximum Gasteiger partial charge on any atom is 0.320 e. The molecule has 0 aliphatic heterocycles. The highest BCUT2D eigenvalue weighted by atomic mass is 16.5. The first kappa shape index (κ1) is 110. The van der Waals surface area contributed by atoms with Crippen LogP contribution >= 0.6 is 0 Å². The van der Waals surface area contributed by atoms with E-state index in [2.05, 4.69) is 126 Å². The summed E-state index contributed by atoms with van der Waals surface area (Å²) in [5, 5.41) is 0. The Bertz CT molecular complexity index is 1520. The number of ether oxygens (including phenoxy) is 7. The van der Waals surface area contributed by atoms with Gasteiger partial charge in [0.25, 0.3) is 0 Å². The number of carbonyl (C=O) groups is 5. The van der Waals surface area contributed by atoms with Gasteiger partial charge in [0.1, 0.15) is 0 Å². The van der Waals surface area contributed by atoms with Crippen molar-refractivity contribution in [1.29, 1.82) is 0 Å². The van der Waals surface area contributed by atoms with Gasteiger partial charge in [0.05, 0.1) is 66.0 Å². The number of carbonyl (C=O) groups excluding carboxylic acids is 5. The summed E-state index contributed by atoms with van der Waals surface area (Å²) in [6.45, 7) is 47.2. The molecule has 0 radical (unpaired) electrons. The largest absolute Gasteiger partial charge is 0.501 e. The van der Waals surface area contributed by atoms with Crippen LogP contribution in [0.1, 0.15) is 370 Å². The van der Waals surface area contributed by atoms with E-state index >= 15 is 0 Å². The van der Waals surface area contributed by atoms with E-state index in [0.717, 1.165) is 89.8 Å². The maximum atomic E-state index is 12.0. The van der Waals surface area contributed by atoms with E-state index in [-0.39, 0.29) is 31.6 Å². The number of hydrogen-bond donors (Lipinski definition) is 0. The van der Waals surface area contributed by atoms with E-state index in [4.69, 9.17) is 28.4 Å². The average molecular weight is 1360 g/mol. The fraction of sp³-hybridized carbons (Fsp3) is 0.866. The summed E-state index contributed by atoms with van der Waals surface area (Å²) in [4.78, 5) is 58.9.